The molecule has 2 aromatic rings. The molecule has 1 amide bonds. The van der Waals surface area contributed by atoms with E-state index >= 15 is 0 Å². The molecule has 1 aromatic carbocycles. The van der Waals surface area contributed by atoms with Crippen LogP contribution in [-0.4, -0.2) is 33.7 Å². The summed E-state index contributed by atoms with van der Waals surface area (Å²) in [5.74, 6) is -0.427. The van der Waals surface area contributed by atoms with E-state index in [-0.39, 0.29) is 11.7 Å². The van der Waals surface area contributed by atoms with E-state index in [9.17, 15) is 9.18 Å². The average molecular weight is 328 g/mol. The predicted molar refractivity (Wildman–Crippen MR) is 89.7 cm³/mol. The van der Waals surface area contributed by atoms with E-state index < -0.39 is 6.04 Å². The summed E-state index contributed by atoms with van der Waals surface area (Å²) in [6, 6.07) is 5.75. The zero-order valence-electron chi connectivity index (χ0n) is 13.7. The van der Waals surface area contributed by atoms with Gasteiger partial charge in [0, 0.05) is 30.9 Å². The number of amides is 1. The van der Waals surface area contributed by atoms with Gasteiger partial charge in [0.2, 0.25) is 5.91 Å². The Hall–Kier alpha value is -2.47. The van der Waals surface area contributed by atoms with Crippen molar-refractivity contribution in [3.05, 3.63) is 65.8 Å². The van der Waals surface area contributed by atoms with Gasteiger partial charge in [-0.2, -0.15) is 5.10 Å². The van der Waals surface area contributed by atoms with Gasteiger partial charge in [-0.1, -0.05) is 18.2 Å². The topological polar surface area (TPSA) is 50.2 Å². The third-order valence-electron chi connectivity index (χ3n) is 4.36. The van der Waals surface area contributed by atoms with Crippen molar-refractivity contribution in [3.8, 4) is 0 Å². The van der Waals surface area contributed by atoms with E-state index in [2.05, 4.69) is 21.9 Å². The van der Waals surface area contributed by atoms with Crippen molar-refractivity contribution in [1.82, 2.24) is 20.0 Å². The minimum absolute atomic E-state index is 0.0945. The van der Waals surface area contributed by atoms with Gasteiger partial charge in [0.25, 0.3) is 0 Å². The molecular formula is C18H21FN4O. The number of halogens is 1. The number of allylic oxidation sites excluding steroid dienone is 1. The van der Waals surface area contributed by atoms with Crippen molar-refractivity contribution in [1.29, 1.82) is 0 Å². The smallest absolute Gasteiger partial charge is 0.242 e. The molecule has 5 nitrogen and oxygen atoms in total. The fraction of sp³-hybridized carbons (Fsp3) is 0.333. The number of nitrogens with zero attached hydrogens (tertiary/aromatic N) is 3. The number of hydrogen-bond donors (Lipinski definition) is 1. The van der Waals surface area contributed by atoms with Crippen molar-refractivity contribution in [2.75, 3.05) is 13.1 Å². The van der Waals surface area contributed by atoms with E-state index in [1.807, 2.05) is 17.8 Å². The molecular weight excluding hydrogens is 307 g/mol. The van der Waals surface area contributed by atoms with Gasteiger partial charge < -0.3 is 5.32 Å². The summed E-state index contributed by atoms with van der Waals surface area (Å²) in [4.78, 5) is 14.5. The normalized spacial score (nSPS) is 18.4. The highest BCUT2D eigenvalue weighted by atomic mass is 19.1. The van der Waals surface area contributed by atoms with Crippen LogP contribution in [0.2, 0.25) is 0 Å². The van der Waals surface area contributed by atoms with Crippen LogP contribution in [0.15, 0.2) is 43.1 Å². The van der Waals surface area contributed by atoms with E-state index in [0.29, 0.717) is 31.7 Å². The maximum atomic E-state index is 13.6. The van der Waals surface area contributed by atoms with Gasteiger partial charge in [0.15, 0.2) is 0 Å². The van der Waals surface area contributed by atoms with E-state index in [0.717, 1.165) is 11.3 Å². The van der Waals surface area contributed by atoms with Gasteiger partial charge in [-0.05, 0) is 24.6 Å². The Labute approximate surface area is 140 Å². The molecule has 24 heavy (non-hydrogen) atoms. The van der Waals surface area contributed by atoms with Crippen LogP contribution in [0.4, 0.5) is 4.39 Å². The Kier molecular flexibility index (Phi) is 4.76. The first-order valence-electron chi connectivity index (χ1n) is 7.99. The fourth-order valence-electron chi connectivity index (χ4n) is 3.09. The Morgan fingerprint density at radius 1 is 1.50 bits per heavy atom. The van der Waals surface area contributed by atoms with Crippen LogP contribution in [0, 0.1) is 12.7 Å². The number of carbonyl (C=O) groups is 1. The summed E-state index contributed by atoms with van der Waals surface area (Å²) in [6.45, 7) is 8.28. The number of aromatic nitrogens is 2. The van der Waals surface area contributed by atoms with Gasteiger partial charge in [-0.3, -0.25) is 14.4 Å². The molecule has 1 fully saturated rings. The summed E-state index contributed by atoms with van der Waals surface area (Å²) in [5, 5.41) is 7.23. The van der Waals surface area contributed by atoms with E-state index in [1.165, 1.54) is 12.1 Å². The average Bonchev–Trinajstić information content (AvgIpc) is 2.89. The third kappa shape index (κ3) is 3.23. The Morgan fingerprint density at radius 2 is 2.33 bits per heavy atom. The van der Waals surface area contributed by atoms with Gasteiger partial charge >= 0.3 is 0 Å². The van der Waals surface area contributed by atoms with Crippen LogP contribution in [-0.2, 0) is 17.9 Å². The van der Waals surface area contributed by atoms with Crippen LogP contribution in [0.3, 0.4) is 0 Å². The minimum Gasteiger partial charge on any atom is -0.353 e. The zero-order chi connectivity index (χ0) is 17.1. The fourth-order valence-corrected chi connectivity index (χ4v) is 3.09. The first-order valence-corrected chi connectivity index (χ1v) is 7.99. The van der Waals surface area contributed by atoms with Gasteiger partial charge in [-0.25, -0.2) is 4.39 Å². The monoisotopic (exact) mass is 328 g/mol. The molecule has 3 rings (SSSR count). The molecule has 1 aliphatic heterocycles. The lowest BCUT2D eigenvalue weighted by molar-refractivity contribution is -0.129. The highest BCUT2D eigenvalue weighted by molar-refractivity contribution is 5.83. The molecule has 0 bridgehead atoms. The van der Waals surface area contributed by atoms with Crippen LogP contribution in [0.25, 0.3) is 0 Å². The maximum Gasteiger partial charge on any atom is 0.242 e. The second-order valence-electron chi connectivity index (χ2n) is 5.95. The number of benzene rings is 1. The lowest BCUT2D eigenvalue weighted by Crippen LogP contribution is -2.49. The number of nitrogens with one attached hydrogen (secondary N) is 1. The van der Waals surface area contributed by atoms with Crippen LogP contribution < -0.4 is 5.32 Å². The molecule has 0 radical (unpaired) electrons. The number of hydrogen-bond acceptors (Lipinski definition) is 3. The first kappa shape index (κ1) is 16.4. The summed E-state index contributed by atoms with van der Waals surface area (Å²) in [7, 11) is 0. The van der Waals surface area contributed by atoms with Crippen molar-refractivity contribution in [2.24, 2.45) is 0 Å². The van der Waals surface area contributed by atoms with Crippen molar-refractivity contribution < 1.29 is 9.18 Å². The third-order valence-corrected chi connectivity index (χ3v) is 4.36. The predicted octanol–water partition coefficient (Wildman–Crippen LogP) is 2.19. The lowest BCUT2D eigenvalue weighted by Gasteiger charge is -2.35. The first-order chi connectivity index (χ1) is 11.6. The molecule has 1 aromatic heterocycles. The Morgan fingerprint density at radius 3 is 3.08 bits per heavy atom. The van der Waals surface area contributed by atoms with E-state index in [1.54, 1.807) is 18.2 Å². The number of carbonyl (C=O) groups excluding carboxylic acids is 1. The highest BCUT2D eigenvalue weighted by Crippen LogP contribution is 2.26. The zero-order valence-corrected chi connectivity index (χ0v) is 13.7. The van der Waals surface area contributed by atoms with Crippen LogP contribution >= 0.6 is 0 Å². The largest absolute Gasteiger partial charge is 0.353 e. The molecule has 2 heterocycles. The molecule has 1 N–H and O–H groups in total. The maximum absolute atomic E-state index is 13.6. The molecule has 6 heteroatoms. The quantitative estimate of drug-likeness (QED) is 0.856. The minimum atomic E-state index is -0.489. The van der Waals surface area contributed by atoms with Crippen molar-refractivity contribution in [3.63, 3.8) is 0 Å². The molecule has 0 aliphatic carbocycles. The molecule has 1 atom stereocenters. The van der Waals surface area contributed by atoms with Crippen molar-refractivity contribution in [2.45, 2.75) is 26.1 Å². The second-order valence-corrected chi connectivity index (χ2v) is 5.95. The van der Waals surface area contributed by atoms with Crippen molar-refractivity contribution >= 4 is 5.91 Å². The van der Waals surface area contributed by atoms with Gasteiger partial charge in [-0.15, -0.1) is 6.58 Å². The summed E-state index contributed by atoms with van der Waals surface area (Å²) < 4.78 is 15.5. The summed E-state index contributed by atoms with van der Waals surface area (Å²) in [6.07, 6.45) is 3.63. The highest BCUT2D eigenvalue weighted by Gasteiger charge is 2.31. The van der Waals surface area contributed by atoms with E-state index in [4.69, 9.17) is 0 Å². The van der Waals surface area contributed by atoms with Crippen LogP contribution in [0.1, 0.15) is 22.9 Å². The Balaban J connectivity index is 1.87. The summed E-state index contributed by atoms with van der Waals surface area (Å²) in [5.41, 5.74) is 2.79. The standard InChI is InChI=1S/C18H21FN4O/c1-3-8-23-13(2)15(11-21-23)12-22-9-7-20-18(24)17(22)14-5-4-6-16(19)10-14/h3-6,10-11,17H,1,7-9,12H2,2H3,(H,20,24)/t17-/m1/s1. The van der Waals surface area contributed by atoms with Gasteiger partial charge in [0.05, 0.1) is 12.7 Å². The van der Waals surface area contributed by atoms with Crippen LogP contribution in [0.5, 0.6) is 0 Å². The molecule has 0 saturated carbocycles. The Bertz CT molecular complexity index is 755. The van der Waals surface area contributed by atoms with Gasteiger partial charge in [0.1, 0.15) is 11.9 Å². The number of rotatable bonds is 5. The molecule has 1 aliphatic rings. The second kappa shape index (κ2) is 6.97. The molecule has 1 saturated heterocycles. The molecule has 0 unspecified atom stereocenters. The molecule has 126 valence electrons. The summed E-state index contributed by atoms with van der Waals surface area (Å²) >= 11 is 0. The molecule has 0 spiro atoms. The lowest BCUT2D eigenvalue weighted by atomic mass is 10.0. The number of piperazine rings is 1. The SMILES string of the molecule is C=CCn1ncc(CN2CCNC(=O)[C@H]2c2cccc(F)c2)c1C.